The Labute approximate surface area is 400 Å². The highest BCUT2D eigenvalue weighted by Gasteiger charge is 2.47. The van der Waals surface area contributed by atoms with Gasteiger partial charge in [-0.1, -0.05) is 50.2 Å². The summed E-state index contributed by atoms with van der Waals surface area (Å²) in [4.78, 5) is 40.3. The van der Waals surface area contributed by atoms with Gasteiger partial charge in [-0.15, -0.1) is 22.7 Å². The largest absolute Gasteiger partial charge is 0.464 e. The number of benzene rings is 2. The normalized spacial score (nSPS) is 25.1. The Kier molecular flexibility index (Phi) is 16.2. The number of carbonyl (C=O) groups is 3. The molecule has 2 fully saturated rings. The van der Waals surface area contributed by atoms with Crippen LogP contribution in [-0.2, 0) is 50.9 Å². The molecule has 350 valence electrons. The molecule has 6 heterocycles. The third-order valence-corrected chi connectivity index (χ3v) is 15.9. The molecule has 0 radical (unpaired) electrons. The molecule has 2 unspecified atom stereocenters. The predicted molar refractivity (Wildman–Crippen MR) is 261 cm³/mol. The lowest BCUT2D eigenvalue weighted by Gasteiger charge is -2.44. The maximum absolute atomic E-state index is 11.9. The number of hydrogen-bond acceptors (Lipinski definition) is 13. The summed E-state index contributed by atoms with van der Waals surface area (Å²) in [5, 5.41) is 0.0490. The third-order valence-electron chi connectivity index (χ3n) is 12.6. The van der Waals surface area contributed by atoms with Gasteiger partial charge in [0.05, 0.1) is 45.8 Å². The molecular formula is C53H60O10S3. The number of carbonyl (C=O) groups excluding carboxylic acids is 3. The quantitative estimate of drug-likeness (QED) is 0.0860. The van der Waals surface area contributed by atoms with E-state index in [-0.39, 0.29) is 47.5 Å². The maximum atomic E-state index is 11.9. The van der Waals surface area contributed by atoms with Gasteiger partial charge in [-0.05, 0) is 116 Å². The van der Waals surface area contributed by atoms with Crippen LogP contribution < -0.4 is 0 Å². The smallest absolute Gasteiger partial charge is 0.303 e. The van der Waals surface area contributed by atoms with E-state index in [1.165, 1.54) is 41.7 Å². The van der Waals surface area contributed by atoms with Crippen molar-refractivity contribution in [2.75, 3.05) is 6.26 Å². The lowest BCUT2D eigenvalue weighted by Crippen LogP contribution is -2.52. The van der Waals surface area contributed by atoms with Crippen molar-refractivity contribution in [2.24, 2.45) is 11.8 Å². The molecule has 2 aromatic carbocycles. The first-order chi connectivity index (χ1) is 31.6. The standard InChI is InChI=1S/C27H30O6S.C26H30O4S2/c1-15-8-9-20(13-21(15)14-22-10-11-24(34-22)23-7-6-12-30-23)26-27(33-19(5)29)25(32-18(4)28)16(2)17(3)31-26;1-15-8-9-19(25-26(31-5)24(30-18(4)27)16(2)17(3)29-25)13-20(15)14-21-10-11-23(32-21)22-7-6-12-28-22/h6-13,16-17,25-27H,14H2,1-5H3;6-13,16-17,24-26H,14H2,1-5H3/t16-,17-,25+,26?,27-;16-,17-,24+,25?,26-/m11/s1. The van der Waals surface area contributed by atoms with Gasteiger partial charge in [0.15, 0.2) is 6.10 Å². The Bertz CT molecular complexity index is 2560. The molecule has 0 N–H and O–H groups in total. The van der Waals surface area contributed by atoms with E-state index in [1.54, 1.807) is 47.0 Å². The number of hydrogen-bond donors (Lipinski definition) is 0. The molecular weight excluding hydrogens is 893 g/mol. The molecule has 13 heteroatoms. The average molecular weight is 953 g/mol. The van der Waals surface area contributed by atoms with Gasteiger partial charge in [-0.3, -0.25) is 14.4 Å². The zero-order valence-corrected chi connectivity index (χ0v) is 41.7. The fourth-order valence-electron chi connectivity index (χ4n) is 8.73. The van der Waals surface area contributed by atoms with Gasteiger partial charge < -0.3 is 32.5 Å². The molecule has 0 aliphatic carbocycles. The van der Waals surface area contributed by atoms with Gasteiger partial charge in [-0.25, -0.2) is 0 Å². The van der Waals surface area contributed by atoms with Crippen molar-refractivity contribution in [3.05, 3.63) is 141 Å². The molecule has 2 aliphatic rings. The van der Waals surface area contributed by atoms with Gasteiger partial charge in [0, 0.05) is 55.2 Å². The highest BCUT2D eigenvalue weighted by molar-refractivity contribution is 7.99. The highest BCUT2D eigenvalue weighted by Crippen LogP contribution is 2.43. The van der Waals surface area contributed by atoms with E-state index in [9.17, 15) is 14.4 Å². The first kappa shape index (κ1) is 49.0. The molecule has 66 heavy (non-hydrogen) atoms. The summed E-state index contributed by atoms with van der Waals surface area (Å²) < 4.78 is 40.9. The number of rotatable bonds is 12. The van der Waals surface area contributed by atoms with Crippen LogP contribution in [0.25, 0.3) is 21.3 Å². The molecule has 4 aromatic heterocycles. The first-order valence-electron chi connectivity index (χ1n) is 22.4. The fourth-order valence-corrected chi connectivity index (χ4v) is 11.8. The number of ether oxygens (including phenoxy) is 5. The summed E-state index contributed by atoms with van der Waals surface area (Å²) in [7, 11) is 0. The molecule has 0 bridgehead atoms. The molecule has 0 amide bonds. The average Bonchev–Trinajstić information content (AvgIpc) is 4.13. The molecule has 0 spiro atoms. The molecule has 2 aliphatic heterocycles. The summed E-state index contributed by atoms with van der Waals surface area (Å²) in [6.45, 7) is 16.5. The van der Waals surface area contributed by atoms with Crippen LogP contribution in [0, 0.1) is 25.7 Å². The summed E-state index contributed by atoms with van der Waals surface area (Å²) in [6, 6.07) is 29.0. The van der Waals surface area contributed by atoms with Crippen molar-refractivity contribution in [1.82, 2.24) is 0 Å². The van der Waals surface area contributed by atoms with Gasteiger partial charge >= 0.3 is 17.9 Å². The zero-order chi connectivity index (χ0) is 47.2. The van der Waals surface area contributed by atoms with Gasteiger partial charge in [0.25, 0.3) is 0 Å². The van der Waals surface area contributed by atoms with Gasteiger partial charge in [0.1, 0.15) is 29.8 Å². The van der Waals surface area contributed by atoms with E-state index in [0.717, 1.165) is 56.4 Å². The van der Waals surface area contributed by atoms with Gasteiger partial charge in [0.2, 0.25) is 0 Å². The van der Waals surface area contributed by atoms with E-state index >= 15 is 0 Å². The second-order valence-electron chi connectivity index (χ2n) is 17.4. The monoisotopic (exact) mass is 952 g/mol. The minimum absolute atomic E-state index is 0.00523. The number of aryl methyl sites for hydroxylation is 2. The SMILES string of the molecule is CC(=O)O[C@H]1[C@H](C)[C@@H](C)OC(c2ccc(C)c(Cc3ccc(-c4ccco4)s3)c2)[C@@H]1OC(C)=O.CS[C@H]1C(c2ccc(C)c(Cc3ccc(-c4ccco4)s3)c2)O[C@H](C)[C@@H](C)[C@@H]1OC(C)=O. The summed E-state index contributed by atoms with van der Waals surface area (Å²) >= 11 is 5.17. The van der Waals surface area contributed by atoms with Crippen LogP contribution in [-0.4, -0.2) is 59.9 Å². The Morgan fingerprint density at radius 1 is 0.576 bits per heavy atom. The maximum Gasteiger partial charge on any atom is 0.303 e. The number of furan rings is 2. The number of thiophene rings is 2. The molecule has 6 aromatic rings. The van der Waals surface area contributed by atoms with Crippen LogP contribution >= 0.6 is 34.4 Å². The summed E-state index contributed by atoms with van der Waals surface area (Å²) in [5.41, 5.74) is 6.90. The van der Waals surface area contributed by atoms with Crippen LogP contribution in [0.4, 0.5) is 0 Å². The highest BCUT2D eigenvalue weighted by atomic mass is 32.2. The molecule has 0 saturated carbocycles. The van der Waals surface area contributed by atoms with Crippen LogP contribution in [0.1, 0.15) is 104 Å². The second-order valence-corrected chi connectivity index (χ2v) is 20.7. The van der Waals surface area contributed by atoms with E-state index in [2.05, 4.69) is 88.5 Å². The second kappa shape index (κ2) is 21.8. The van der Waals surface area contributed by atoms with E-state index in [1.807, 2.05) is 44.2 Å². The van der Waals surface area contributed by atoms with Crippen LogP contribution in [0.3, 0.4) is 0 Å². The Morgan fingerprint density at radius 3 is 1.47 bits per heavy atom. The van der Waals surface area contributed by atoms with Crippen molar-refractivity contribution in [3.63, 3.8) is 0 Å². The minimum Gasteiger partial charge on any atom is -0.464 e. The lowest BCUT2D eigenvalue weighted by atomic mass is 9.85. The van der Waals surface area contributed by atoms with E-state index in [4.69, 9.17) is 32.5 Å². The number of esters is 3. The molecule has 2 saturated heterocycles. The topological polar surface area (TPSA) is 124 Å². The van der Waals surface area contributed by atoms with Crippen molar-refractivity contribution < 1.29 is 46.9 Å². The number of thioether (sulfide) groups is 1. The zero-order valence-electron chi connectivity index (χ0n) is 39.2. The Morgan fingerprint density at radius 2 is 1.02 bits per heavy atom. The Hall–Kier alpha value is -4.92. The molecule has 8 rings (SSSR count). The summed E-state index contributed by atoms with van der Waals surface area (Å²) in [5.74, 6) is 0.712. The van der Waals surface area contributed by atoms with Crippen molar-refractivity contribution in [2.45, 2.75) is 123 Å². The van der Waals surface area contributed by atoms with Gasteiger partial charge in [-0.2, -0.15) is 11.8 Å². The third kappa shape index (κ3) is 11.6. The van der Waals surface area contributed by atoms with Crippen molar-refractivity contribution >= 4 is 52.3 Å². The first-order valence-corrected chi connectivity index (χ1v) is 25.3. The summed E-state index contributed by atoms with van der Waals surface area (Å²) in [6.07, 6.45) is 4.74. The van der Waals surface area contributed by atoms with Crippen molar-refractivity contribution in [3.8, 4) is 21.3 Å². The lowest BCUT2D eigenvalue weighted by molar-refractivity contribution is -0.222. The van der Waals surface area contributed by atoms with Crippen LogP contribution in [0.15, 0.2) is 106 Å². The Balaban J connectivity index is 0.000000197. The molecule has 10 atom stereocenters. The predicted octanol–water partition coefficient (Wildman–Crippen LogP) is 12.5. The fraction of sp³-hybridized carbons (Fsp3) is 0.415. The van der Waals surface area contributed by atoms with Crippen LogP contribution in [0.2, 0.25) is 0 Å². The van der Waals surface area contributed by atoms with E-state index in [0.29, 0.717) is 0 Å². The van der Waals surface area contributed by atoms with Crippen molar-refractivity contribution in [1.29, 1.82) is 0 Å². The van der Waals surface area contributed by atoms with E-state index < -0.39 is 30.3 Å². The van der Waals surface area contributed by atoms with Crippen LogP contribution in [0.5, 0.6) is 0 Å². The molecule has 10 nitrogen and oxygen atoms in total. The minimum atomic E-state index is -0.726.